The zero-order valence-electron chi connectivity index (χ0n) is 13.4. The van der Waals surface area contributed by atoms with Gasteiger partial charge in [-0.3, -0.25) is 9.59 Å². The number of thioether (sulfide) groups is 1. The molecule has 23 heavy (non-hydrogen) atoms. The van der Waals surface area contributed by atoms with Gasteiger partial charge in [-0.15, -0.1) is 0 Å². The van der Waals surface area contributed by atoms with Gasteiger partial charge in [-0.05, 0) is 24.8 Å². The molecule has 2 aliphatic heterocycles. The fraction of sp³-hybridized carbons (Fsp3) is 0.625. The molecule has 2 aliphatic rings. The second-order valence-corrected chi connectivity index (χ2v) is 7.38. The van der Waals surface area contributed by atoms with Gasteiger partial charge in [0.2, 0.25) is 11.9 Å². The molecule has 1 amide bonds. The normalized spacial score (nSPS) is 22.7. The first kappa shape index (κ1) is 16.2. The van der Waals surface area contributed by atoms with Crippen LogP contribution in [0.15, 0.2) is 18.5 Å². The number of likely N-dealkylation sites (tertiary alicyclic amines) is 1. The summed E-state index contributed by atoms with van der Waals surface area (Å²) in [5, 5.41) is 0.132. The molecule has 2 fully saturated rings. The molecule has 0 bridgehead atoms. The molecule has 0 radical (unpaired) electrons. The Balaban J connectivity index is 1.51. The van der Waals surface area contributed by atoms with Crippen molar-refractivity contribution >= 4 is 28.7 Å². The number of piperidine rings is 1. The van der Waals surface area contributed by atoms with Gasteiger partial charge in [-0.1, -0.05) is 11.8 Å². The lowest BCUT2D eigenvalue weighted by atomic mass is 10.0. The first-order chi connectivity index (χ1) is 11.1. The number of hydrogen-bond donors (Lipinski definition) is 0. The van der Waals surface area contributed by atoms with E-state index in [1.807, 2.05) is 11.0 Å². The monoisotopic (exact) mass is 334 g/mol. The predicted molar refractivity (Wildman–Crippen MR) is 90.2 cm³/mol. The topological polar surface area (TPSA) is 66.4 Å². The molecular formula is C16H22N4O2S. The number of rotatable bonds is 4. The molecule has 0 saturated carbocycles. The number of carbonyl (C=O) groups excluding carboxylic acids is 2. The van der Waals surface area contributed by atoms with Crippen LogP contribution in [0, 0.1) is 5.92 Å². The summed E-state index contributed by atoms with van der Waals surface area (Å²) in [5.74, 6) is 2.09. The molecule has 2 saturated heterocycles. The summed E-state index contributed by atoms with van der Waals surface area (Å²) in [6, 6.07) is 2.13. The lowest BCUT2D eigenvalue weighted by Gasteiger charge is -2.36. The van der Waals surface area contributed by atoms with Crippen molar-refractivity contribution in [2.24, 2.45) is 5.92 Å². The summed E-state index contributed by atoms with van der Waals surface area (Å²) < 4.78 is 0. The molecule has 6 nitrogen and oxygen atoms in total. The molecule has 1 atom stereocenters. The van der Waals surface area contributed by atoms with Crippen molar-refractivity contribution in [1.29, 1.82) is 0 Å². The Morgan fingerprint density at radius 3 is 2.65 bits per heavy atom. The van der Waals surface area contributed by atoms with Crippen molar-refractivity contribution in [3.8, 4) is 0 Å². The van der Waals surface area contributed by atoms with Crippen LogP contribution in [0.25, 0.3) is 0 Å². The number of hydrogen-bond acceptors (Lipinski definition) is 6. The largest absolute Gasteiger partial charge is 0.341 e. The molecule has 0 aromatic carbocycles. The second-order valence-electron chi connectivity index (χ2n) is 6.19. The van der Waals surface area contributed by atoms with E-state index in [-0.39, 0.29) is 11.0 Å². The molecule has 0 aliphatic carbocycles. The lowest BCUT2D eigenvalue weighted by Crippen LogP contribution is -2.46. The third-order valence-electron chi connectivity index (χ3n) is 4.50. The van der Waals surface area contributed by atoms with E-state index < -0.39 is 0 Å². The van der Waals surface area contributed by atoms with E-state index in [4.69, 9.17) is 0 Å². The van der Waals surface area contributed by atoms with E-state index in [2.05, 4.69) is 14.9 Å². The van der Waals surface area contributed by atoms with E-state index in [1.165, 1.54) is 11.8 Å². The molecule has 3 rings (SSSR count). The van der Waals surface area contributed by atoms with Gasteiger partial charge in [0.15, 0.2) is 5.12 Å². The molecule has 3 heterocycles. The Bertz CT molecular complexity index is 560. The predicted octanol–water partition coefficient (Wildman–Crippen LogP) is 1.57. The highest BCUT2D eigenvalue weighted by Crippen LogP contribution is 2.28. The van der Waals surface area contributed by atoms with Crippen LogP contribution in [0.5, 0.6) is 0 Å². The van der Waals surface area contributed by atoms with E-state index in [1.54, 1.807) is 19.3 Å². The van der Waals surface area contributed by atoms with Crippen LogP contribution in [-0.2, 0) is 9.59 Å². The Morgan fingerprint density at radius 1 is 1.30 bits per heavy atom. The van der Waals surface area contributed by atoms with E-state index in [0.29, 0.717) is 18.4 Å². The van der Waals surface area contributed by atoms with Crippen LogP contribution >= 0.6 is 11.8 Å². The fourth-order valence-corrected chi connectivity index (χ4v) is 4.03. The Hall–Kier alpha value is -1.63. The fourth-order valence-electron chi connectivity index (χ4n) is 3.34. The highest BCUT2D eigenvalue weighted by Gasteiger charge is 2.36. The molecule has 1 aromatic rings. The average Bonchev–Trinajstić information content (AvgIpc) is 2.95. The van der Waals surface area contributed by atoms with Crippen LogP contribution in [-0.4, -0.2) is 57.3 Å². The number of anilines is 1. The second kappa shape index (κ2) is 7.29. The highest BCUT2D eigenvalue weighted by molar-refractivity contribution is 8.13. The van der Waals surface area contributed by atoms with Crippen LogP contribution < -0.4 is 4.90 Å². The number of amides is 1. The number of carbonyl (C=O) groups is 2. The molecule has 0 spiro atoms. The van der Waals surface area contributed by atoms with E-state index in [0.717, 1.165) is 44.2 Å². The first-order valence-corrected chi connectivity index (χ1v) is 9.07. The maximum absolute atomic E-state index is 12.3. The minimum absolute atomic E-state index is 0.132. The Labute approximate surface area is 140 Å². The van der Waals surface area contributed by atoms with Gasteiger partial charge in [0.05, 0.1) is 0 Å². The van der Waals surface area contributed by atoms with Crippen molar-refractivity contribution in [1.82, 2.24) is 14.9 Å². The van der Waals surface area contributed by atoms with Gasteiger partial charge in [0.1, 0.15) is 0 Å². The first-order valence-electron chi connectivity index (χ1n) is 8.08. The standard InChI is InChI=1S/C16H22N4O2S/c1-12(21)23-11-13-9-15(22)20(10-13)14-3-7-19(8-4-14)16-17-5-2-6-18-16/h2,5-6,13-14H,3-4,7-11H2,1H3. The molecule has 124 valence electrons. The number of aromatic nitrogens is 2. The quantitative estimate of drug-likeness (QED) is 0.833. The van der Waals surface area contributed by atoms with Crippen molar-refractivity contribution in [2.45, 2.75) is 32.2 Å². The smallest absolute Gasteiger partial charge is 0.225 e. The Morgan fingerprint density at radius 2 is 2.00 bits per heavy atom. The van der Waals surface area contributed by atoms with Gasteiger partial charge >= 0.3 is 0 Å². The van der Waals surface area contributed by atoms with Crippen molar-refractivity contribution in [2.75, 3.05) is 30.3 Å². The third-order valence-corrected chi connectivity index (χ3v) is 5.55. The van der Waals surface area contributed by atoms with Gasteiger partial charge in [-0.25, -0.2) is 9.97 Å². The number of nitrogens with zero attached hydrogens (tertiary/aromatic N) is 4. The molecular weight excluding hydrogens is 312 g/mol. The van der Waals surface area contributed by atoms with Crippen molar-refractivity contribution in [3.63, 3.8) is 0 Å². The van der Waals surface area contributed by atoms with Gasteiger partial charge in [0.25, 0.3) is 0 Å². The Kier molecular flexibility index (Phi) is 5.15. The van der Waals surface area contributed by atoms with E-state index in [9.17, 15) is 9.59 Å². The zero-order chi connectivity index (χ0) is 16.2. The average molecular weight is 334 g/mol. The van der Waals surface area contributed by atoms with E-state index >= 15 is 0 Å². The molecule has 1 unspecified atom stereocenters. The van der Waals surface area contributed by atoms with Crippen LogP contribution in [0.3, 0.4) is 0 Å². The van der Waals surface area contributed by atoms with Crippen LogP contribution in [0.1, 0.15) is 26.2 Å². The summed E-state index contributed by atoms with van der Waals surface area (Å²) >= 11 is 1.33. The summed E-state index contributed by atoms with van der Waals surface area (Å²) in [4.78, 5) is 36.2. The van der Waals surface area contributed by atoms with Crippen molar-refractivity contribution < 1.29 is 9.59 Å². The van der Waals surface area contributed by atoms with Crippen LogP contribution in [0.4, 0.5) is 5.95 Å². The molecule has 0 N–H and O–H groups in total. The molecule has 7 heteroatoms. The lowest BCUT2D eigenvalue weighted by molar-refractivity contribution is -0.130. The van der Waals surface area contributed by atoms with Gasteiger partial charge in [-0.2, -0.15) is 0 Å². The van der Waals surface area contributed by atoms with Gasteiger partial charge in [0, 0.05) is 57.2 Å². The summed E-state index contributed by atoms with van der Waals surface area (Å²) in [6.45, 7) is 4.14. The zero-order valence-corrected chi connectivity index (χ0v) is 14.2. The summed E-state index contributed by atoms with van der Waals surface area (Å²) in [7, 11) is 0. The summed E-state index contributed by atoms with van der Waals surface area (Å²) in [6.07, 6.45) is 6.01. The maximum Gasteiger partial charge on any atom is 0.225 e. The van der Waals surface area contributed by atoms with Crippen LogP contribution in [0.2, 0.25) is 0 Å². The minimum atomic E-state index is 0.132. The third kappa shape index (κ3) is 4.02. The van der Waals surface area contributed by atoms with Crippen molar-refractivity contribution in [3.05, 3.63) is 18.5 Å². The highest BCUT2D eigenvalue weighted by atomic mass is 32.2. The maximum atomic E-state index is 12.3. The summed E-state index contributed by atoms with van der Waals surface area (Å²) in [5.41, 5.74) is 0. The molecule has 1 aromatic heterocycles. The van der Waals surface area contributed by atoms with Gasteiger partial charge < -0.3 is 9.80 Å². The minimum Gasteiger partial charge on any atom is -0.341 e. The SMILES string of the molecule is CC(=O)SCC1CC(=O)N(C2CCN(c3ncccn3)CC2)C1.